The molecule has 1 spiro atoms. The fourth-order valence-corrected chi connectivity index (χ4v) is 2.41. The summed E-state index contributed by atoms with van der Waals surface area (Å²) < 4.78 is 0. The molecule has 2 rings (SSSR count). The van der Waals surface area contributed by atoms with E-state index in [9.17, 15) is 0 Å². The summed E-state index contributed by atoms with van der Waals surface area (Å²) in [6, 6.07) is 0.527. The summed E-state index contributed by atoms with van der Waals surface area (Å²) in [4.78, 5) is 2.37. The molecule has 1 aliphatic carbocycles. The van der Waals surface area contributed by atoms with Crippen LogP contribution in [0.4, 0.5) is 0 Å². The van der Waals surface area contributed by atoms with Gasteiger partial charge in [0.25, 0.3) is 0 Å². The molecule has 3 heteroatoms. The van der Waals surface area contributed by atoms with Crippen molar-refractivity contribution in [2.45, 2.75) is 18.9 Å². The van der Waals surface area contributed by atoms with Crippen molar-refractivity contribution in [3.63, 3.8) is 0 Å². The summed E-state index contributed by atoms with van der Waals surface area (Å²) in [6.45, 7) is 2.58. The van der Waals surface area contributed by atoms with E-state index in [-0.39, 0.29) is 12.4 Å². The Balaban J connectivity index is 0.000000500. The summed E-state index contributed by atoms with van der Waals surface area (Å²) in [5.74, 6) is 0. The summed E-state index contributed by atoms with van der Waals surface area (Å²) in [6.07, 6.45) is 2.55. The van der Waals surface area contributed by atoms with Crippen LogP contribution in [0.1, 0.15) is 12.8 Å². The second-order valence-electron chi connectivity index (χ2n) is 3.84. The summed E-state index contributed by atoms with van der Waals surface area (Å²) >= 11 is 0. The minimum Gasteiger partial charge on any atom is -0.328 e. The monoisotopic (exact) mass is 162 g/mol. The van der Waals surface area contributed by atoms with Gasteiger partial charge in [0.05, 0.1) is 0 Å². The van der Waals surface area contributed by atoms with E-state index in [4.69, 9.17) is 5.73 Å². The molecule has 2 nitrogen and oxygen atoms in total. The van der Waals surface area contributed by atoms with Gasteiger partial charge in [0.15, 0.2) is 0 Å². The Morgan fingerprint density at radius 2 is 1.90 bits per heavy atom. The zero-order valence-corrected chi connectivity index (χ0v) is 7.16. The molecule has 0 amide bonds. The van der Waals surface area contributed by atoms with Gasteiger partial charge in [-0.25, -0.2) is 0 Å². The van der Waals surface area contributed by atoms with Gasteiger partial charge in [0, 0.05) is 19.1 Å². The number of hydrogen-bond acceptors (Lipinski definition) is 2. The number of likely N-dealkylation sites (tertiary alicyclic amines) is 1. The molecule has 2 N–H and O–H groups in total. The molecule has 0 unspecified atom stereocenters. The van der Waals surface area contributed by atoms with Crippen molar-refractivity contribution < 1.29 is 0 Å². The zero-order valence-electron chi connectivity index (χ0n) is 6.34. The van der Waals surface area contributed by atoms with Crippen molar-refractivity contribution in [2.24, 2.45) is 11.1 Å². The third-order valence-corrected chi connectivity index (χ3v) is 2.60. The predicted octanol–water partition coefficient (Wildman–Crippen LogP) is 0.461. The minimum absolute atomic E-state index is 0. The smallest absolute Gasteiger partial charge is 0.00513 e. The molecule has 2 aliphatic rings. The molecule has 0 aromatic carbocycles. The largest absolute Gasteiger partial charge is 0.328 e. The molecular weight excluding hydrogens is 148 g/mol. The van der Waals surface area contributed by atoms with Gasteiger partial charge in [0.1, 0.15) is 0 Å². The van der Waals surface area contributed by atoms with Crippen LogP contribution in [-0.4, -0.2) is 31.1 Å². The fourth-order valence-electron chi connectivity index (χ4n) is 2.41. The van der Waals surface area contributed by atoms with E-state index in [1.165, 1.54) is 25.9 Å². The summed E-state index contributed by atoms with van der Waals surface area (Å²) in [5, 5.41) is 0. The number of halogens is 1. The molecule has 2 fully saturated rings. The SMILES string of the molecule is CN1CC2(CC(N)C2)C1.Cl. The van der Waals surface area contributed by atoms with E-state index in [1.807, 2.05) is 0 Å². The third kappa shape index (κ3) is 1.04. The van der Waals surface area contributed by atoms with E-state index < -0.39 is 0 Å². The highest BCUT2D eigenvalue weighted by molar-refractivity contribution is 5.85. The Bertz CT molecular complexity index is 106. The lowest BCUT2D eigenvalue weighted by Crippen LogP contribution is -2.63. The molecule has 60 valence electrons. The van der Waals surface area contributed by atoms with Gasteiger partial charge in [-0.1, -0.05) is 0 Å². The van der Waals surface area contributed by atoms with E-state index in [0.29, 0.717) is 11.5 Å². The lowest BCUT2D eigenvalue weighted by atomic mass is 9.61. The maximum atomic E-state index is 5.69. The second-order valence-corrected chi connectivity index (χ2v) is 3.84. The van der Waals surface area contributed by atoms with Crippen LogP contribution in [0.25, 0.3) is 0 Å². The highest BCUT2D eigenvalue weighted by Gasteiger charge is 2.49. The predicted molar refractivity (Wildman–Crippen MR) is 44.4 cm³/mol. The van der Waals surface area contributed by atoms with Crippen molar-refractivity contribution in [2.75, 3.05) is 20.1 Å². The Hall–Kier alpha value is 0.210. The van der Waals surface area contributed by atoms with Crippen LogP contribution in [-0.2, 0) is 0 Å². The maximum Gasteiger partial charge on any atom is 0.00513 e. The Morgan fingerprint density at radius 1 is 1.40 bits per heavy atom. The first-order chi connectivity index (χ1) is 4.20. The van der Waals surface area contributed by atoms with Crippen LogP contribution in [0.15, 0.2) is 0 Å². The molecule has 1 aliphatic heterocycles. The average molecular weight is 163 g/mol. The molecule has 0 bridgehead atoms. The van der Waals surface area contributed by atoms with Crippen LogP contribution >= 0.6 is 12.4 Å². The Morgan fingerprint density at radius 3 is 2.20 bits per heavy atom. The van der Waals surface area contributed by atoms with Crippen molar-refractivity contribution in [3.05, 3.63) is 0 Å². The first-order valence-electron chi connectivity index (χ1n) is 3.64. The van der Waals surface area contributed by atoms with Crippen LogP contribution in [0.5, 0.6) is 0 Å². The van der Waals surface area contributed by atoms with Crippen molar-refractivity contribution in [3.8, 4) is 0 Å². The molecule has 0 aromatic rings. The molecule has 10 heavy (non-hydrogen) atoms. The van der Waals surface area contributed by atoms with E-state index in [1.54, 1.807) is 0 Å². The Kier molecular flexibility index (Phi) is 1.96. The molecule has 0 radical (unpaired) electrons. The van der Waals surface area contributed by atoms with Crippen LogP contribution in [0, 0.1) is 5.41 Å². The Labute approximate surface area is 68.2 Å². The van der Waals surface area contributed by atoms with Gasteiger partial charge >= 0.3 is 0 Å². The van der Waals surface area contributed by atoms with Crippen LogP contribution in [0.3, 0.4) is 0 Å². The van der Waals surface area contributed by atoms with Gasteiger partial charge in [-0.15, -0.1) is 12.4 Å². The average Bonchev–Trinajstić information content (AvgIpc) is 1.58. The lowest BCUT2D eigenvalue weighted by Gasteiger charge is -2.57. The fraction of sp³-hybridized carbons (Fsp3) is 1.00. The van der Waals surface area contributed by atoms with Gasteiger partial charge < -0.3 is 10.6 Å². The van der Waals surface area contributed by atoms with Crippen molar-refractivity contribution >= 4 is 12.4 Å². The topological polar surface area (TPSA) is 29.3 Å². The molecule has 1 heterocycles. The first-order valence-corrected chi connectivity index (χ1v) is 3.64. The van der Waals surface area contributed by atoms with Gasteiger partial charge in [0.2, 0.25) is 0 Å². The standard InChI is InChI=1S/C7H14N2.ClH/c1-9-4-7(5-9)2-6(8)3-7;/h6H,2-5,8H2,1H3;1H. The summed E-state index contributed by atoms with van der Waals surface area (Å²) in [7, 11) is 2.18. The maximum absolute atomic E-state index is 5.69. The molecule has 0 aromatic heterocycles. The van der Waals surface area contributed by atoms with Crippen LogP contribution < -0.4 is 5.73 Å². The number of hydrogen-bond donors (Lipinski definition) is 1. The van der Waals surface area contributed by atoms with Gasteiger partial charge in [-0.05, 0) is 25.3 Å². The molecular formula is C7H15ClN2. The first kappa shape index (κ1) is 8.31. The highest BCUT2D eigenvalue weighted by atomic mass is 35.5. The van der Waals surface area contributed by atoms with Gasteiger partial charge in [-0.2, -0.15) is 0 Å². The number of rotatable bonds is 0. The van der Waals surface area contributed by atoms with Crippen molar-refractivity contribution in [1.82, 2.24) is 4.90 Å². The van der Waals surface area contributed by atoms with E-state index in [0.717, 1.165) is 0 Å². The quantitative estimate of drug-likeness (QED) is 0.561. The number of nitrogens with two attached hydrogens (primary N) is 1. The lowest BCUT2D eigenvalue weighted by molar-refractivity contribution is -0.0559. The minimum atomic E-state index is 0. The zero-order chi connectivity index (χ0) is 6.48. The van der Waals surface area contributed by atoms with Crippen LogP contribution in [0.2, 0.25) is 0 Å². The molecule has 0 atom stereocenters. The second kappa shape index (κ2) is 2.36. The third-order valence-electron chi connectivity index (χ3n) is 2.60. The van der Waals surface area contributed by atoms with E-state index in [2.05, 4.69) is 11.9 Å². The highest BCUT2D eigenvalue weighted by Crippen LogP contribution is 2.46. The van der Waals surface area contributed by atoms with Crippen molar-refractivity contribution in [1.29, 1.82) is 0 Å². The normalized spacial score (nSPS) is 30.6. The van der Waals surface area contributed by atoms with E-state index >= 15 is 0 Å². The number of nitrogens with zero attached hydrogens (tertiary/aromatic N) is 1. The molecule has 1 saturated carbocycles. The molecule has 1 saturated heterocycles. The van der Waals surface area contributed by atoms with Gasteiger partial charge in [-0.3, -0.25) is 0 Å². The summed E-state index contributed by atoms with van der Waals surface area (Å²) in [5.41, 5.74) is 6.38.